The average molecular weight is 252 g/mol. The van der Waals surface area contributed by atoms with Gasteiger partial charge in [0, 0.05) is 19.3 Å². The number of rotatable bonds is 7. The van der Waals surface area contributed by atoms with E-state index in [0.717, 1.165) is 18.8 Å². The molecule has 5 nitrogen and oxygen atoms in total. The van der Waals surface area contributed by atoms with Crippen LogP contribution in [-0.2, 0) is 13.1 Å². The predicted molar refractivity (Wildman–Crippen MR) is 70.0 cm³/mol. The van der Waals surface area contributed by atoms with Crippen molar-refractivity contribution in [1.82, 2.24) is 20.3 Å². The summed E-state index contributed by atoms with van der Waals surface area (Å²) in [5.74, 6) is 0. The zero-order valence-corrected chi connectivity index (χ0v) is 11.2. The first-order valence-electron chi connectivity index (χ1n) is 6.98. The van der Waals surface area contributed by atoms with E-state index in [1.54, 1.807) is 4.68 Å². The number of aliphatic hydroxyl groups is 1. The molecule has 2 N–H and O–H groups in total. The molecular weight excluding hydrogens is 228 g/mol. The molecule has 0 radical (unpaired) electrons. The van der Waals surface area contributed by atoms with Gasteiger partial charge in [-0.15, -0.1) is 5.10 Å². The van der Waals surface area contributed by atoms with E-state index >= 15 is 0 Å². The van der Waals surface area contributed by atoms with Crippen molar-refractivity contribution in [2.45, 2.75) is 52.1 Å². The summed E-state index contributed by atoms with van der Waals surface area (Å²) in [6.07, 6.45) is 8.62. The molecule has 5 heteroatoms. The Bertz CT molecular complexity index is 358. The van der Waals surface area contributed by atoms with Gasteiger partial charge in [-0.1, -0.05) is 25.0 Å². The molecular formula is C13H24N4O. The summed E-state index contributed by atoms with van der Waals surface area (Å²) in [4.78, 5) is 0. The number of aromatic nitrogens is 3. The predicted octanol–water partition coefficient (Wildman–Crippen LogP) is 1.33. The summed E-state index contributed by atoms with van der Waals surface area (Å²) < 4.78 is 1.68. The minimum Gasteiger partial charge on any atom is -0.394 e. The third kappa shape index (κ3) is 3.29. The molecule has 0 amide bonds. The molecule has 18 heavy (non-hydrogen) atoms. The largest absolute Gasteiger partial charge is 0.394 e. The second-order valence-electron chi connectivity index (χ2n) is 5.36. The molecule has 0 aliphatic heterocycles. The highest BCUT2D eigenvalue weighted by Crippen LogP contribution is 2.40. The lowest BCUT2D eigenvalue weighted by atomic mass is 9.83. The third-order valence-electron chi connectivity index (χ3n) is 4.14. The average Bonchev–Trinajstić information content (AvgIpc) is 3.00. The van der Waals surface area contributed by atoms with Gasteiger partial charge in [0.05, 0.1) is 18.8 Å². The molecule has 1 aliphatic rings. The Morgan fingerprint density at radius 2 is 2.22 bits per heavy atom. The van der Waals surface area contributed by atoms with Gasteiger partial charge in [0.25, 0.3) is 0 Å². The topological polar surface area (TPSA) is 63.0 Å². The van der Waals surface area contributed by atoms with Crippen molar-refractivity contribution in [3.63, 3.8) is 0 Å². The van der Waals surface area contributed by atoms with Crippen molar-refractivity contribution in [2.24, 2.45) is 5.41 Å². The molecule has 0 atom stereocenters. The molecule has 1 aromatic heterocycles. The molecule has 0 spiro atoms. The Balaban J connectivity index is 1.76. The highest BCUT2D eigenvalue weighted by Gasteiger charge is 2.31. The van der Waals surface area contributed by atoms with Crippen LogP contribution in [0.25, 0.3) is 0 Å². The second-order valence-corrected chi connectivity index (χ2v) is 5.36. The number of hydrogen-bond acceptors (Lipinski definition) is 4. The maximum atomic E-state index is 8.81. The monoisotopic (exact) mass is 252 g/mol. The van der Waals surface area contributed by atoms with Crippen molar-refractivity contribution in [3.05, 3.63) is 11.9 Å². The van der Waals surface area contributed by atoms with Crippen molar-refractivity contribution in [3.8, 4) is 0 Å². The SMILES string of the molecule is CCC1(CNCc2cn(CCO)nn2)CCCC1. The first kappa shape index (κ1) is 13.5. The van der Waals surface area contributed by atoms with Crippen molar-refractivity contribution >= 4 is 0 Å². The number of aliphatic hydroxyl groups excluding tert-OH is 1. The fourth-order valence-electron chi connectivity index (χ4n) is 2.87. The molecule has 102 valence electrons. The Labute approximate surface area is 109 Å². The highest BCUT2D eigenvalue weighted by molar-refractivity contribution is 4.93. The fraction of sp³-hybridized carbons (Fsp3) is 0.846. The van der Waals surface area contributed by atoms with Crippen molar-refractivity contribution in [1.29, 1.82) is 0 Å². The molecule has 1 saturated carbocycles. The maximum absolute atomic E-state index is 8.81. The standard InChI is InChI=1S/C13H24N4O/c1-2-13(5-3-4-6-13)11-14-9-12-10-17(7-8-18)16-15-12/h10,14,18H,2-9,11H2,1H3. The summed E-state index contributed by atoms with van der Waals surface area (Å²) in [6, 6.07) is 0. The van der Waals surface area contributed by atoms with Gasteiger partial charge in [0.1, 0.15) is 0 Å². The first-order chi connectivity index (χ1) is 8.78. The van der Waals surface area contributed by atoms with Crippen LogP contribution in [0.1, 0.15) is 44.7 Å². The molecule has 0 saturated heterocycles. The van der Waals surface area contributed by atoms with Crippen molar-refractivity contribution in [2.75, 3.05) is 13.2 Å². The lowest BCUT2D eigenvalue weighted by molar-refractivity contribution is 0.267. The van der Waals surface area contributed by atoms with Gasteiger partial charge < -0.3 is 10.4 Å². The maximum Gasteiger partial charge on any atom is 0.0964 e. The van der Waals surface area contributed by atoms with Gasteiger partial charge in [-0.25, -0.2) is 4.68 Å². The summed E-state index contributed by atoms with van der Waals surface area (Å²) in [6.45, 7) is 4.77. The van der Waals surface area contributed by atoms with Crippen LogP contribution in [0.3, 0.4) is 0 Å². The Morgan fingerprint density at radius 1 is 1.44 bits per heavy atom. The lowest BCUT2D eigenvalue weighted by Gasteiger charge is -2.27. The number of hydrogen-bond donors (Lipinski definition) is 2. The first-order valence-corrected chi connectivity index (χ1v) is 6.98. The normalized spacial score (nSPS) is 18.3. The minimum absolute atomic E-state index is 0.106. The van der Waals surface area contributed by atoms with Crippen LogP contribution in [0.4, 0.5) is 0 Å². The quantitative estimate of drug-likeness (QED) is 0.768. The van der Waals surface area contributed by atoms with E-state index in [9.17, 15) is 0 Å². The van der Waals surface area contributed by atoms with E-state index in [1.807, 2.05) is 6.20 Å². The van der Waals surface area contributed by atoms with E-state index in [2.05, 4.69) is 22.6 Å². The molecule has 0 aromatic carbocycles. The molecule has 2 rings (SSSR count). The zero-order chi connectivity index (χ0) is 12.8. The fourth-order valence-corrected chi connectivity index (χ4v) is 2.87. The Morgan fingerprint density at radius 3 is 2.89 bits per heavy atom. The van der Waals surface area contributed by atoms with Gasteiger partial charge in [0.15, 0.2) is 0 Å². The molecule has 0 bridgehead atoms. The smallest absolute Gasteiger partial charge is 0.0964 e. The van der Waals surface area contributed by atoms with Gasteiger partial charge in [-0.2, -0.15) is 0 Å². The summed E-state index contributed by atoms with van der Waals surface area (Å²) in [5, 5.41) is 20.4. The van der Waals surface area contributed by atoms with E-state index in [-0.39, 0.29) is 6.61 Å². The van der Waals surface area contributed by atoms with Crippen molar-refractivity contribution < 1.29 is 5.11 Å². The van der Waals surface area contributed by atoms with E-state index in [0.29, 0.717) is 12.0 Å². The van der Waals surface area contributed by atoms with E-state index < -0.39 is 0 Å². The second kappa shape index (κ2) is 6.29. The van der Waals surface area contributed by atoms with Crippen LogP contribution in [0, 0.1) is 5.41 Å². The molecule has 0 unspecified atom stereocenters. The van der Waals surface area contributed by atoms with E-state index in [4.69, 9.17) is 5.11 Å². The van der Waals surface area contributed by atoms with Gasteiger partial charge in [-0.05, 0) is 24.7 Å². The van der Waals surface area contributed by atoms with E-state index in [1.165, 1.54) is 32.1 Å². The molecule has 1 aromatic rings. The van der Waals surface area contributed by atoms with Crippen LogP contribution in [0.5, 0.6) is 0 Å². The minimum atomic E-state index is 0.106. The van der Waals surface area contributed by atoms with Crippen LogP contribution in [0.2, 0.25) is 0 Å². The highest BCUT2D eigenvalue weighted by atomic mass is 16.3. The molecule has 1 fully saturated rings. The molecule has 1 aliphatic carbocycles. The molecule has 1 heterocycles. The number of nitrogens with zero attached hydrogens (tertiary/aromatic N) is 3. The Hall–Kier alpha value is -0.940. The third-order valence-corrected chi connectivity index (χ3v) is 4.14. The lowest BCUT2D eigenvalue weighted by Crippen LogP contribution is -2.31. The van der Waals surface area contributed by atoms with Gasteiger partial charge in [0.2, 0.25) is 0 Å². The summed E-state index contributed by atoms with van der Waals surface area (Å²) >= 11 is 0. The van der Waals surface area contributed by atoms with Crippen LogP contribution >= 0.6 is 0 Å². The van der Waals surface area contributed by atoms with Gasteiger partial charge >= 0.3 is 0 Å². The van der Waals surface area contributed by atoms with Crippen LogP contribution < -0.4 is 5.32 Å². The Kier molecular flexibility index (Phi) is 4.72. The van der Waals surface area contributed by atoms with Gasteiger partial charge in [-0.3, -0.25) is 0 Å². The number of nitrogens with one attached hydrogen (secondary N) is 1. The summed E-state index contributed by atoms with van der Waals surface area (Å²) in [5.41, 5.74) is 1.47. The van der Waals surface area contributed by atoms with Crippen LogP contribution in [0.15, 0.2) is 6.20 Å². The van der Waals surface area contributed by atoms with Crippen LogP contribution in [-0.4, -0.2) is 33.3 Å². The summed E-state index contributed by atoms with van der Waals surface area (Å²) in [7, 11) is 0. The zero-order valence-electron chi connectivity index (χ0n) is 11.2.